The van der Waals surface area contributed by atoms with Crippen LogP contribution in [-0.4, -0.2) is 5.11 Å². The standard InChI is InChI=1S/C12H7Cl2FO/c13-8-3-7(4-9(14)5-8)11-6-10(16)1-2-12(11)15/h1-6,16H. The van der Waals surface area contributed by atoms with Gasteiger partial charge in [0.05, 0.1) is 0 Å². The van der Waals surface area contributed by atoms with E-state index in [4.69, 9.17) is 23.2 Å². The van der Waals surface area contributed by atoms with Gasteiger partial charge in [-0.1, -0.05) is 23.2 Å². The van der Waals surface area contributed by atoms with E-state index in [1.807, 2.05) is 0 Å². The van der Waals surface area contributed by atoms with E-state index < -0.39 is 5.82 Å². The van der Waals surface area contributed by atoms with Gasteiger partial charge in [-0.15, -0.1) is 0 Å². The van der Waals surface area contributed by atoms with Gasteiger partial charge >= 0.3 is 0 Å². The van der Waals surface area contributed by atoms with Crippen molar-refractivity contribution >= 4 is 23.2 Å². The van der Waals surface area contributed by atoms with Gasteiger partial charge in [0.2, 0.25) is 0 Å². The molecule has 0 amide bonds. The van der Waals surface area contributed by atoms with E-state index in [9.17, 15) is 9.50 Å². The number of phenols is 1. The van der Waals surface area contributed by atoms with Crippen LogP contribution >= 0.6 is 23.2 Å². The first-order valence-corrected chi connectivity index (χ1v) is 5.27. The molecule has 0 unspecified atom stereocenters. The number of phenolic OH excluding ortho intramolecular Hbond substituents is 1. The van der Waals surface area contributed by atoms with E-state index >= 15 is 0 Å². The molecule has 1 N–H and O–H groups in total. The first-order valence-electron chi connectivity index (χ1n) is 4.51. The summed E-state index contributed by atoms with van der Waals surface area (Å²) < 4.78 is 13.5. The van der Waals surface area contributed by atoms with Crippen molar-refractivity contribution in [2.75, 3.05) is 0 Å². The normalized spacial score (nSPS) is 10.4. The van der Waals surface area contributed by atoms with Crippen LogP contribution in [0, 0.1) is 5.82 Å². The van der Waals surface area contributed by atoms with Crippen LogP contribution in [0.25, 0.3) is 11.1 Å². The fourth-order valence-electron chi connectivity index (χ4n) is 1.44. The SMILES string of the molecule is Oc1ccc(F)c(-c2cc(Cl)cc(Cl)c2)c1. The summed E-state index contributed by atoms with van der Waals surface area (Å²) >= 11 is 11.6. The maximum absolute atomic E-state index is 13.5. The third kappa shape index (κ3) is 2.29. The number of hydrogen-bond donors (Lipinski definition) is 1. The predicted octanol–water partition coefficient (Wildman–Crippen LogP) is 4.51. The highest BCUT2D eigenvalue weighted by molar-refractivity contribution is 6.35. The highest BCUT2D eigenvalue weighted by Gasteiger charge is 2.07. The van der Waals surface area contributed by atoms with Crippen molar-refractivity contribution in [1.82, 2.24) is 0 Å². The van der Waals surface area contributed by atoms with Crippen LogP contribution < -0.4 is 0 Å². The first kappa shape index (κ1) is 11.2. The van der Waals surface area contributed by atoms with E-state index in [0.29, 0.717) is 15.6 Å². The molecule has 0 aromatic heterocycles. The van der Waals surface area contributed by atoms with Crippen LogP contribution in [0.5, 0.6) is 5.75 Å². The third-order valence-corrected chi connectivity index (χ3v) is 2.56. The second-order valence-corrected chi connectivity index (χ2v) is 4.20. The van der Waals surface area contributed by atoms with Gasteiger partial charge < -0.3 is 5.11 Å². The molecule has 0 bridgehead atoms. The molecule has 2 rings (SSSR count). The number of halogens is 3. The van der Waals surface area contributed by atoms with Crippen LogP contribution in [0.2, 0.25) is 10.0 Å². The van der Waals surface area contributed by atoms with Gasteiger partial charge in [-0.25, -0.2) is 4.39 Å². The zero-order valence-corrected chi connectivity index (χ0v) is 9.56. The zero-order valence-electron chi connectivity index (χ0n) is 8.05. The summed E-state index contributed by atoms with van der Waals surface area (Å²) in [5.41, 5.74) is 0.801. The Kier molecular flexibility index (Phi) is 3.03. The van der Waals surface area contributed by atoms with Crippen molar-refractivity contribution in [2.45, 2.75) is 0 Å². The minimum absolute atomic E-state index is 0.00695. The molecule has 0 saturated carbocycles. The Morgan fingerprint density at radius 2 is 1.56 bits per heavy atom. The number of aromatic hydroxyl groups is 1. The lowest BCUT2D eigenvalue weighted by molar-refractivity contribution is 0.473. The Hall–Kier alpha value is -1.25. The van der Waals surface area contributed by atoms with Crippen molar-refractivity contribution in [3.63, 3.8) is 0 Å². The summed E-state index contributed by atoms with van der Waals surface area (Å²) in [5.74, 6) is -0.441. The molecular weight excluding hydrogens is 250 g/mol. The Morgan fingerprint density at radius 3 is 2.19 bits per heavy atom. The number of benzene rings is 2. The molecule has 0 spiro atoms. The van der Waals surface area contributed by atoms with E-state index in [0.717, 1.165) is 0 Å². The lowest BCUT2D eigenvalue weighted by atomic mass is 10.0. The van der Waals surface area contributed by atoms with Gasteiger partial charge in [0, 0.05) is 15.6 Å². The molecular formula is C12H7Cl2FO. The van der Waals surface area contributed by atoms with Gasteiger partial charge in [0.1, 0.15) is 11.6 Å². The summed E-state index contributed by atoms with van der Waals surface area (Å²) in [7, 11) is 0. The first-order chi connectivity index (χ1) is 7.56. The molecule has 1 nitrogen and oxygen atoms in total. The summed E-state index contributed by atoms with van der Waals surface area (Å²) in [6.07, 6.45) is 0. The minimum atomic E-state index is -0.434. The Bertz CT molecular complexity index is 520. The molecule has 0 saturated heterocycles. The Labute approximate surface area is 102 Å². The molecule has 0 radical (unpaired) electrons. The van der Waals surface area contributed by atoms with E-state index in [1.54, 1.807) is 18.2 Å². The second-order valence-electron chi connectivity index (χ2n) is 3.32. The summed E-state index contributed by atoms with van der Waals surface area (Å²) in [6, 6.07) is 8.55. The summed E-state index contributed by atoms with van der Waals surface area (Å²) in [5, 5.41) is 10.1. The molecule has 2 aromatic rings. The molecule has 0 aliphatic heterocycles. The molecule has 82 valence electrons. The summed E-state index contributed by atoms with van der Waals surface area (Å²) in [6.45, 7) is 0. The number of hydrogen-bond acceptors (Lipinski definition) is 1. The van der Waals surface area contributed by atoms with Crippen LogP contribution in [0.4, 0.5) is 4.39 Å². The average Bonchev–Trinajstić information content (AvgIpc) is 2.20. The Balaban J connectivity index is 2.62. The topological polar surface area (TPSA) is 20.2 Å². The van der Waals surface area contributed by atoms with Crippen molar-refractivity contribution in [1.29, 1.82) is 0 Å². The highest BCUT2D eigenvalue weighted by Crippen LogP contribution is 2.30. The molecule has 0 aliphatic carbocycles. The quantitative estimate of drug-likeness (QED) is 0.797. The molecule has 0 atom stereocenters. The van der Waals surface area contributed by atoms with Crippen molar-refractivity contribution < 1.29 is 9.50 Å². The van der Waals surface area contributed by atoms with Gasteiger partial charge in [-0.05, 0) is 42.0 Å². The largest absolute Gasteiger partial charge is 0.508 e. The lowest BCUT2D eigenvalue weighted by Gasteiger charge is -2.05. The van der Waals surface area contributed by atoms with Crippen LogP contribution in [0.15, 0.2) is 36.4 Å². The van der Waals surface area contributed by atoms with Crippen LogP contribution in [0.1, 0.15) is 0 Å². The smallest absolute Gasteiger partial charge is 0.131 e. The maximum atomic E-state index is 13.5. The van der Waals surface area contributed by atoms with E-state index in [2.05, 4.69) is 0 Å². The molecule has 0 aliphatic rings. The molecule has 0 heterocycles. The fourth-order valence-corrected chi connectivity index (χ4v) is 1.97. The van der Waals surface area contributed by atoms with Gasteiger partial charge in [0.25, 0.3) is 0 Å². The molecule has 4 heteroatoms. The third-order valence-electron chi connectivity index (χ3n) is 2.12. The lowest BCUT2D eigenvalue weighted by Crippen LogP contribution is -1.84. The summed E-state index contributed by atoms with van der Waals surface area (Å²) in [4.78, 5) is 0. The van der Waals surface area contributed by atoms with Crippen molar-refractivity contribution in [3.8, 4) is 16.9 Å². The van der Waals surface area contributed by atoms with Crippen molar-refractivity contribution in [2.24, 2.45) is 0 Å². The Morgan fingerprint density at radius 1 is 0.938 bits per heavy atom. The molecule has 0 fully saturated rings. The molecule has 16 heavy (non-hydrogen) atoms. The van der Waals surface area contributed by atoms with Gasteiger partial charge in [-0.3, -0.25) is 0 Å². The van der Waals surface area contributed by atoms with Crippen molar-refractivity contribution in [3.05, 3.63) is 52.3 Å². The van der Waals surface area contributed by atoms with E-state index in [-0.39, 0.29) is 11.3 Å². The average molecular weight is 257 g/mol. The van der Waals surface area contributed by atoms with Gasteiger partial charge in [-0.2, -0.15) is 0 Å². The zero-order chi connectivity index (χ0) is 11.7. The van der Waals surface area contributed by atoms with Crippen LogP contribution in [-0.2, 0) is 0 Å². The van der Waals surface area contributed by atoms with Crippen LogP contribution in [0.3, 0.4) is 0 Å². The maximum Gasteiger partial charge on any atom is 0.131 e. The highest BCUT2D eigenvalue weighted by atomic mass is 35.5. The predicted molar refractivity (Wildman–Crippen MR) is 63.5 cm³/mol. The molecule has 2 aromatic carbocycles. The monoisotopic (exact) mass is 256 g/mol. The van der Waals surface area contributed by atoms with E-state index in [1.165, 1.54) is 18.2 Å². The number of rotatable bonds is 1. The fraction of sp³-hybridized carbons (Fsp3) is 0. The van der Waals surface area contributed by atoms with Gasteiger partial charge in [0.15, 0.2) is 0 Å². The minimum Gasteiger partial charge on any atom is -0.508 e. The second kappa shape index (κ2) is 4.32.